The van der Waals surface area contributed by atoms with Gasteiger partial charge in [-0.25, -0.2) is 0 Å². The van der Waals surface area contributed by atoms with Gasteiger partial charge in [0.25, 0.3) is 0 Å². The molecule has 0 amide bonds. The van der Waals surface area contributed by atoms with Crippen molar-refractivity contribution in [2.75, 3.05) is 6.61 Å². The van der Waals surface area contributed by atoms with Crippen LogP contribution in [0, 0.1) is 22.7 Å². The fraction of sp³-hybridized carbons (Fsp3) is 0.700. The van der Waals surface area contributed by atoms with Gasteiger partial charge in [-0.3, -0.25) is 0 Å². The average molecular weight is 316 g/mol. The molecule has 1 spiro atoms. The van der Waals surface area contributed by atoms with Crippen LogP contribution in [0.4, 0.5) is 0 Å². The van der Waals surface area contributed by atoms with Crippen LogP contribution in [-0.4, -0.2) is 18.0 Å². The van der Waals surface area contributed by atoms with Crippen LogP contribution in [0.1, 0.15) is 51.5 Å². The maximum atomic E-state index is 10.7. The first kappa shape index (κ1) is 15.5. The summed E-state index contributed by atoms with van der Waals surface area (Å²) in [5.41, 5.74) is 2.79. The van der Waals surface area contributed by atoms with E-state index < -0.39 is 6.29 Å². The van der Waals surface area contributed by atoms with Crippen molar-refractivity contribution in [3.63, 3.8) is 0 Å². The summed E-state index contributed by atoms with van der Waals surface area (Å²) >= 11 is 0. The summed E-state index contributed by atoms with van der Waals surface area (Å²) in [5, 5.41) is 10.7. The summed E-state index contributed by atoms with van der Waals surface area (Å²) in [4.78, 5) is 0. The molecule has 3 nitrogen and oxygen atoms in total. The molecule has 0 unspecified atom stereocenters. The summed E-state index contributed by atoms with van der Waals surface area (Å²) in [5.74, 6) is 1.19. The number of furan rings is 1. The monoisotopic (exact) mass is 316 g/mol. The fourth-order valence-electron chi connectivity index (χ4n) is 5.71. The van der Waals surface area contributed by atoms with Gasteiger partial charge in [-0.15, -0.1) is 0 Å². The zero-order valence-corrected chi connectivity index (χ0v) is 14.3. The second-order valence-corrected chi connectivity index (χ2v) is 8.14. The quantitative estimate of drug-likeness (QED) is 0.845. The molecule has 2 fully saturated rings. The molecule has 23 heavy (non-hydrogen) atoms. The molecule has 2 aliphatic carbocycles. The van der Waals surface area contributed by atoms with Gasteiger partial charge in [-0.05, 0) is 73.0 Å². The summed E-state index contributed by atoms with van der Waals surface area (Å²) in [6.45, 7) is 5.49. The van der Waals surface area contributed by atoms with Crippen molar-refractivity contribution >= 4 is 0 Å². The van der Waals surface area contributed by atoms with Gasteiger partial charge >= 0.3 is 0 Å². The van der Waals surface area contributed by atoms with Crippen molar-refractivity contribution < 1.29 is 14.3 Å². The predicted octanol–water partition coefficient (Wildman–Crippen LogP) is 4.32. The van der Waals surface area contributed by atoms with Gasteiger partial charge in [0.2, 0.25) is 0 Å². The van der Waals surface area contributed by atoms with E-state index in [4.69, 9.17) is 9.15 Å². The lowest BCUT2D eigenvalue weighted by atomic mass is 9.46. The molecule has 5 atom stereocenters. The minimum atomic E-state index is -0.611. The van der Waals surface area contributed by atoms with E-state index in [0.29, 0.717) is 18.4 Å². The summed E-state index contributed by atoms with van der Waals surface area (Å²) in [6.07, 6.45) is 12.1. The molecule has 3 heteroatoms. The second-order valence-electron chi connectivity index (χ2n) is 8.14. The number of hydrogen-bond acceptors (Lipinski definition) is 3. The number of aliphatic hydroxyl groups excluding tert-OH is 1. The molecule has 1 aromatic heterocycles. The molecule has 1 saturated heterocycles. The average Bonchev–Trinajstić information content (AvgIpc) is 3.18. The van der Waals surface area contributed by atoms with Gasteiger partial charge in [0.1, 0.15) is 0 Å². The van der Waals surface area contributed by atoms with Crippen LogP contribution >= 0.6 is 0 Å². The lowest BCUT2D eigenvalue weighted by molar-refractivity contribution is -0.178. The zero-order valence-electron chi connectivity index (χ0n) is 14.3. The molecule has 0 radical (unpaired) electrons. The number of hydrogen-bond donors (Lipinski definition) is 1. The van der Waals surface area contributed by atoms with Crippen LogP contribution in [0.2, 0.25) is 0 Å². The van der Waals surface area contributed by atoms with Crippen LogP contribution in [0.15, 0.2) is 34.7 Å². The Labute approximate surface area is 138 Å². The highest BCUT2D eigenvalue weighted by Crippen LogP contribution is 2.65. The molecule has 4 rings (SSSR count). The molecule has 3 aliphatic rings. The molecule has 1 aliphatic heterocycles. The fourth-order valence-corrected chi connectivity index (χ4v) is 5.71. The highest BCUT2D eigenvalue weighted by molar-refractivity contribution is 5.28. The van der Waals surface area contributed by atoms with E-state index >= 15 is 0 Å². The third-order valence-electron chi connectivity index (χ3n) is 7.35. The Kier molecular flexibility index (Phi) is 3.69. The van der Waals surface area contributed by atoms with E-state index in [0.717, 1.165) is 25.7 Å². The third kappa shape index (κ3) is 2.16. The van der Waals surface area contributed by atoms with E-state index in [1.807, 2.05) is 6.26 Å². The Morgan fingerprint density at radius 1 is 1.35 bits per heavy atom. The summed E-state index contributed by atoms with van der Waals surface area (Å²) in [6, 6.07) is 2.08. The molecule has 2 heterocycles. The van der Waals surface area contributed by atoms with Crippen LogP contribution in [0.25, 0.3) is 0 Å². The molecule has 1 saturated carbocycles. The van der Waals surface area contributed by atoms with Gasteiger partial charge in [-0.2, -0.15) is 0 Å². The second kappa shape index (κ2) is 5.49. The number of allylic oxidation sites excluding steroid dienone is 1. The predicted molar refractivity (Wildman–Crippen MR) is 88.7 cm³/mol. The van der Waals surface area contributed by atoms with Gasteiger partial charge < -0.3 is 14.3 Å². The minimum absolute atomic E-state index is 0.115. The van der Waals surface area contributed by atoms with Gasteiger partial charge in [-0.1, -0.05) is 19.9 Å². The topological polar surface area (TPSA) is 42.6 Å². The Hall–Kier alpha value is -1.06. The Balaban J connectivity index is 1.66. The molecular weight excluding hydrogens is 288 g/mol. The minimum Gasteiger partial charge on any atom is -0.472 e. The van der Waals surface area contributed by atoms with Gasteiger partial charge in [0.15, 0.2) is 6.29 Å². The van der Waals surface area contributed by atoms with Gasteiger partial charge in [0.05, 0.1) is 19.1 Å². The molecule has 0 aromatic carbocycles. The van der Waals surface area contributed by atoms with Crippen molar-refractivity contribution in [2.45, 2.75) is 58.7 Å². The van der Waals surface area contributed by atoms with Crippen LogP contribution < -0.4 is 0 Å². The van der Waals surface area contributed by atoms with Crippen molar-refractivity contribution in [3.8, 4) is 0 Å². The maximum Gasteiger partial charge on any atom is 0.164 e. The van der Waals surface area contributed by atoms with Crippen molar-refractivity contribution in [1.29, 1.82) is 0 Å². The first-order chi connectivity index (χ1) is 11.1. The van der Waals surface area contributed by atoms with Gasteiger partial charge in [0, 0.05) is 5.41 Å². The zero-order chi connectivity index (χ0) is 16.1. The molecule has 1 N–H and O–H groups in total. The Morgan fingerprint density at radius 2 is 2.22 bits per heavy atom. The largest absolute Gasteiger partial charge is 0.472 e. The smallest absolute Gasteiger partial charge is 0.164 e. The SMILES string of the molecule is C[C@@H]1CC[C@@]23C(=CCC[C@H]2[C@]1(C)CCc1ccoc1)CO[C@@H]3O. The maximum absolute atomic E-state index is 10.7. The summed E-state index contributed by atoms with van der Waals surface area (Å²) < 4.78 is 10.9. The van der Waals surface area contributed by atoms with E-state index in [1.54, 1.807) is 6.26 Å². The number of aliphatic hydroxyl groups is 1. The van der Waals surface area contributed by atoms with E-state index in [2.05, 4.69) is 26.0 Å². The Bertz CT molecular complexity index is 590. The van der Waals surface area contributed by atoms with E-state index in [1.165, 1.54) is 24.0 Å². The highest BCUT2D eigenvalue weighted by atomic mass is 16.6. The first-order valence-corrected chi connectivity index (χ1v) is 9.07. The van der Waals surface area contributed by atoms with Crippen molar-refractivity contribution in [1.82, 2.24) is 0 Å². The van der Waals surface area contributed by atoms with Crippen LogP contribution in [0.3, 0.4) is 0 Å². The molecular formula is C20H28O3. The van der Waals surface area contributed by atoms with E-state index in [9.17, 15) is 5.11 Å². The number of aryl methyl sites for hydroxylation is 1. The lowest BCUT2D eigenvalue weighted by Crippen LogP contribution is -2.54. The van der Waals surface area contributed by atoms with Crippen molar-refractivity contribution in [2.24, 2.45) is 22.7 Å². The molecule has 1 aromatic rings. The molecule has 126 valence electrons. The Morgan fingerprint density at radius 3 is 3.00 bits per heavy atom. The van der Waals surface area contributed by atoms with Crippen LogP contribution in [-0.2, 0) is 11.2 Å². The number of rotatable bonds is 3. The van der Waals surface area contributed by atoms with E-state index in [-0.39, 0.29) is 10.8 Å². The summed E-state index contributed by atoms with van der Waals surface area (Å²) in [7, 11) is 0. The highest BCUT2D eigenvalue weighted by Gasteiger charge is 2.61. The standard InChI is InChI=1S/C20H28O3/c1-14-6-10-20-16(13-23-18(20)21)4-3-5-17(20)19(14,2)9-7-15-8-11-22-12-15/h4,8,11-12,14,17-18,21H,3,5-7,9-10,13H2,1-2H3/t14-,17+,18+,19-,20-/m1/s1. The lowest BCUT2D eigenvalue weighted by Gasteiger charge is -2.58. The molecule has 0 bridgehead atoms. The number of ether oxygens (including phenoxy) is 1. The normalized spacial score (nSPS) is 42.9. The van der Waals surface area contributed by atoms with Crippen LogP contribution in [0.5, 0.6) is 0 Å². The van der Waals surface area contributed by atoms with Crippen molar-refractivity contribution in [3.05, 3.63) is 35.8 Å². The first-order valence-electron chi connectivity index (χ1n) is 9.07. The third-order valence-corrected chi connectivity index (χ3v) is 7.35.